The van der Waals surface area contributed by atoms with E-state index in [9.17, 15) is 0 Å². The van der Waals surface area contributed by atoms with Crippen LogP contribution < -0.4 is 9.16 Å². The molecule has 0 unspecified atom stereocenters. The predicted octanol–water partition coefficient (Wildman–Crippen LogP) is 10.3. The summed E-state index contributed by atoms with van der Waals surface area (Å²) in [6, 6.07) is 1.85. The Morgan fingerprint density at radius 3 is 2.44 bits per heavy atom. The summed E-state index contributed by atoms with van der Waals surface area (Å²) in [5.74, 6) is 2.08. The van der Waals surface area contributed by atoms with Crippen LogP contribution in [0.5, 0.6) is 11.5 Å². The Kier molecular flexibility index (Phi) is 8.73. The molecule has 1 aromatic heterocycles. The molecule has 2 aromatic rings. The minimum absolute atomic E-state index is 0.136. The number of aryl methyl sites for hydroxylation is 2. The first kappa shape index (κ1) is 33.5. The number of unbranched alkanes of at least 4 members (excludes halogenated alkanes) is 3. The highest BCUT2D eigenvalue weighted by molar-refractivity contribution is 6.74. The highest BCUT2D eigenvalue weighted by Crippen LogP contribution is 2.47. The highest BCUT2D eigenvalue weighted by Gasteiger charge is 2.52. The summed E-state index contributed by atoms with van der Waals surface area (Å²) in [5, 5.41) is 0.136. The third-order valence-electron chi connectivity index (χ3n) is 10.9. The van der Waals surface area contributed by atoms with Crippen LogP contribution in [0.25, 0.3) is 6.08 Å². The molecule has 0 N–H and O–H groups in total. The minimum Gasteiger partial charge on any atom is -0.543 e. The van der Waals surface area contributed by atoms with Crippen molar-refractivity contribution in [3.63, 3.8) is 0 Å². The van der Waals surface area contributed by atoms with Gasteiger partial charge in [0, 0.05) is 35.9 Å². The number of rotatable bonds is 9. The van der Waals surface area contributed by atoms with Crippen molar-refractivity contribution in [2.45, 2.75) is 131 Å². The van der Waals surface area contributed by atoms with Gasteiger partial charge >= 0.3 is 6.97 Å². The predicted molar refractivity (Wildman–Crippen MR) is 188 cm³/mol. The zero-order valence-electron chi connectivity index (χ0n) is 29.5. The molecule has 0 spiro atoms. The van der Waals surface area contributed by atoms with Gasteiger partial charge in [-0.25, -0.2) is 0 Å². The van der Waals surface area contributed by atoms with Crippen molar-refractivity contribution < 1.29 is 22.3 Å². The highest BCUT2D eigenvalue weighted by atomic mass is 28.4. The molecule has 0 saturated carbocycles. The second kappa shape index (κ2) is 11.7. The maximum absolute atomic E-state index is 15.7. The summed E-state index contributed by atoms with van der Waals surface area (Å²) < 4.78 is 47.5. The van der Waals surface area contributed by atoms with Gasteiger partial charge in [-0.05, 0) is 132 Å². The smallest absolute Gasteiger partial charge is 0.543 e. The van der Waals surface area contributed by atoms with Crippen molar-refractivity contribution in [2.24, 2.45) is 0 Å². The third-order valence-corrected chi connectivity index (χ3v) is 15.2. The van der Waals surface area contributed by atoms with Gasteiger partial charge in [-0.2, -0.15) is 0 Å². The number of fused-ring (bicyclic) bond motifs is 3. The number of ether oxygens (including phenoxy) is 1. The van der Waals surface area contributed by atoms with E-state index in [0.717, 1.165) is 61.3 Å². The van der Waals surface area contributed by atoms with Crippen LogP contribution in [0.15, 0.2) is 36.1 Å². The second-order valence-corrected chi connectivity index (χ2v) is 20.1. The molecule has 8 heteroatoms. The van der Waals surface area contributed by atoms with Crippen LogP contribution in [0.4, 0.5) is 8.63 Å². The summed E-state index contributed by atoms with van der Waals surface area (Å²) in [7, 11) is -1.97. The van der Waals surface area contributed by atoms with E-state index in [-0.39, 0.29) is 10.6 Å². The number of aromatic nitrogens is 1. The number of allylic oxidation sites excluding steroid dienone is 3. The Morgan fingerprint density at radius 1 is 1.04 bits per heavy atom. The molecular formula is C37H53BF2N2O2Si. The quantitative estimate of drug-likeness (QED) is 0.156. The Hall–Kier alpha value is -2.87. The van der Waals surface area contributed by atoms with E-state index < -0.39 is 15.3 Å². The number of hydrogen-bond donors (Lipinski definition) is 0. The van der Waals surface area contributed by atoms with Gasteiger partial charge in [0.1, 0.15) is 22.8 Å². The van der Waals surface area contributed by atoms with Gasteiger partial charge in [0.05, 0.1) is 0 Å². The number of nitrogens with zero attached hydrogens (tertiary/aromatic N) is 2. The van der Waals surface area contributed by atoms with Gasteiger partial charge < -0.3 is 26.8 Å². The third kappa shape index (κ3) is 6.04. The first-order valence-corrected chi connectivity index (χ1v) is 19.7. The molecule has 244 valence electrons. The van der Waals surface area contributed by atoms with Crippen molar-refractivity contribution in [1.29, 1.82) is 0 Å². The van der Waals surface area contributed by atoms with Crippen LogP contribution in [-0.2, 0) is 6.42 Å². The molecular weight excluding hydrogens is 581 g/mol. The van der Waals surface area contributed by atoms with Gasteiger partial charge in [0.25, 0.3) is 8.32 Å². The summed E-state index contributed by atoms with van der Waals surface area (Å²) in [6.45, 7) is 20.0. The standard InChI is InChI=1S/C37H53BF2N2O2Si/c1-25-23-26(2)41-33(25)24-31-19-18-30(42(31)38(41,39)40)17-15-13-12-14-16-21-37(9)22-20-32-29(5)34(27(3)28(4)35(32)43-37)44-45(10,11)36(6,7)8/h16,18-19,21,23-24H,12-15,17,20,22H2,1-11H3/b21-16+/t37-/m1/s1. The molecule has 1 aromatic carbocycles. The molecule has 0 saturated heterocycles. The molecule has 0 bridgehead atoms. The summed E-state index contributed by atoms with van der Waals surface area (Å²) in [6.07, 6.45) is 16.5. The zero-order chi connectivity index (χ0) is 33.1. The average molecular weight is 635 g/mol. The van der Waals surface area contributed by atoms with Crippen LogP contribution >= 0.6 is 0 Å². The summed E-state index contributed by atoms with van der Waals surface area (Å²) >= 11 is 0. The molecule has 0 fully saturated rings. The van der Waals surface area contributed by atoms with Crippen LogP contribution in [0.2, 0.25) is 18.1 Å². The van der Waals surface area contributed by atoms with Crippen molar-refractivity contribution in [1.82, 2.24) is 4.48 Å². The molecule has 4 heterocycles. The van der Waals surface area contributed by atoms with Crippen molar-refractivity contribution >= 4 is 27.1 Å². The van der Waals surface area contributed by atoms with Gasteiger partial charge in [0.2, 0.25) is 0 Å². The molecule has 3 aliphatic heterocycles. The van der Waals surface area contributed by atoms with E-state index in [4.69, 9.17) is 9.16 Å². The molecule has 0 aliphatic carbocycles. The van der Waals surface area contributed by atoms with Gasteiger partial charge in [-0.15, -0.1) is 0 Å². The van der Waals surface area contributed by atoms with E-state index in [1.807, 2.05) is 31.2 Å². The first-order valence-electron chi connectivity index (χ1n) is 16.8. The van der Waals surface area contributed by atoms with Crippen molar-refractivity contribution in [3.05, 3.63) is 75.3 Å². The van der Waals surface area contributed by atoms with Crippen molar-refractivity contribution in [2.75, 3.05) is 0 Å². The Morgan fingerprint density at radius 2 is 1.76 bits per heavy atom. The normalized spacial score (nSPS) is 20.7. The lowest BCUT2D eigenvalue weighted by Crippen LogP contribution is -2.50. The molecule has 45 heavy (non-hydrogen) atoms. The lowest BCUT2D eigenvalue weighted by Gasteiger charge is -2.40. The SMILES string of the molecule is Cc1cc(C)n2c1C=C1C=CC(CCCCC/C=C/[C@]3(C)CCc4c(C)c(O[Si](C)(C)C(C)(C)C)c(C)c(C)c4O3)=[N+]1[B-]2(F)F. The largest absolute Gasteiger partial charge is 0.737 e. The first-order chi connectivity index (χ1) is 20.9. The van der Waals surface area contributed by atoms with Crippen LogP contribution in [-0.4, -0.2) is 35.6 Å². The topological polar surface area (TPSA) is 26.4 Å². The van der Waals surface area contributed by atoms with Crippen molar-refractivity contribution in [3.8, 4) is 11.5 Å². The fourth-order valence-electron chi connectivity index (χ4n) is 6.90. The number of benzene rings is 1. The second-order valence-electron chi connectivity index (χ2n) is 15.4. The maximum atomic E-state index is 15.7. The fraction of sp³-hybridized carbons (Fsp3) is 0.541. The summed E-state index contributed by atoms with van der Waals surface area (Å²) in [4.78, 5) is 0. The number of halogens is 2. The molecule has 3 aliphatic rings. The van der Waals surface area contributed by atoms with E-state index in [0.29, 0.717) is 23.5 Å². The molecule has 1 atom stereocenters. The van der Waals surface area contributed by atoms with Crippen LogP contribution in [0.3, 0.4) is 0 Å². The number of hydrogen-bond acceptors (Lipinski definition) is 2. The fourth-order valence-corrected chi connectivity index (χ4v) is 8.03. The zero-order valence-corrected chi connectivity index (χ0v) is 30.5. The monoisotopic (exact) mass is 634 g/mol. The molecule has 4 nitrogen and oxygen atoms in total. The van der Waals surface area contributed by atoms with Crippen LogP contribution in [0.1, 0.15) is 105 Å². The van der Waals surface area contributed by atoms with Gasteiger partial charge in [0.15, 0.2) is 5.70 Å². The average Bonchev–Trinajstić information content (AvgIpc) is 3.49. The van der Waals surface area contributed by atoms with E-state index in [2.05, 4.69) is 73.7 Å². The minimum atomic E-state index is -3.88. The van der Waals surface area contributed by atoms with E-state index >= 15 is 8.63 Å². The maximum Gasteiger partial charge on any atom is 0.737 e. The van der Waals surface area contributed by atoms with Crippen LogP contribution in [0, 0.1) is 34.6 Å². The Bertz CT molecular complexity index is 1640. The lowest BCUT2D eigenvalue weighted by atomic mass is 9.87. The van der Waals surface area contributed by atoms with E-state index in [1.165, 1.54) is 31.2 Å². The van der Waals surface area contributed by atoms with Gasteiger partial charge in [-0.3, -0.25) is 0 Å². The Balaban J connectivity index is 1.18. The molecule has 0 amide bonds. The molecule has 5 rings (SSSR count). The lowest BCUT2D eigenvalue weighted by molar-refractivity contribution is -0.362. The van der Waals surface area contributed by atoms with Gasteiger partial charge in [-0.1, -0.05) is 33.3 Å². The summed E-state index contributed by atoms with van der Waals surface area (Å²) in [5.41, 5.74) is 7.99. The van der Waals surface area contributed by atoms with E-state index in [1.54, 1.807) is 6.92 Å². The Labute approximate surface area is 271 Å². The molecule has 0 radical (unpaired) electrons.